The molecule has 0 radical (unpaired) electrons. The van der Waals surface area contributed by atoms with Crippen molar-refractivity contribution in [1.29, 1.82) is 0 Å². The molecule has 2 rings (SSSR count). The van der Waals surface area contributed by atoms with Crippen molar-refractivity contribution >= 4 is 5.91 Å². The van der Waals surface area contributed by atoms with Crippen LogP contribution in [0.2, 0.25) is 0 Å². The fraction of sp³-hybridized carbons (Fsp3) is 0.353. The average molecular weight is 287 g/mol. The zero-order valence-electron chi connectivity index (χ0n) is 12.7. The third-order valence-electron chi connectivity index (χ3n) is 3.37. The summed E-state index contributed by atoms with van der Waals surface area (Å²) in [6.07, 6.45) is 1.16. The summed E-state index contributed by atoms with van der Waals surface area (Å²) >= 11 is 0. The van der Waals surface area contributed by atoms with Crippen LogP contribution in [0.15, 0.2) is 40.8 Å². The van der Waals surface area contributed by atoms with Gasteiger partial charge in [-0.15, -0.1) is 0 Å². The molecule has 0 bridgehead atoms. The molecule has 1 N–H and O–H groups in total. The molecule has 112 valence electrons. The van der Waals surface area contributed by atoms with E-state index in [0.29, 0.717) is 12.8 Å². The number of hydrogen-bond donors (Lipinski definition) is 1. The van der Waals surface area contributed by atoms with E-state index in [4.69, 9.17) is 9.15 Å². The molecule has 0 aliphatic rings. The van der Waals surface area contributed by atoms with Gasteiger partial charge in [0, 0.05) is 6.42 Å². The number of aryl methyl sites for hydroxylation is 2. The molecule has 1 aromatic carbocycles. The Labute approximate surface area is 125 Å². The Kier molecular flexibility index (Phi) is 5.04. The van der Waals surface area contributed by atoms with Crippen LogP contribution in [0, 0.1) is 6.92 Å². The van der Waals surface area contributed by atoms with Crippen molar-refractivity contribution in [2.75, 3.05) is 7.11 Å². The number of nitrogens with one attached hydrogen (secondary N) is 1. The second-order valence-corrected chi connectivity index (χ2v) is 5.09. The van der Waals surface area contributed by atoms with Crippen molar-refractivity contribution in [1.82, 2.24) is 5.32 Å². The Morgan fingerprint density at radius 3 is 2.52 bits per heavy atom. The van der Waals surface area contributed by atoms with E-state index in [1.807, 2.05) is 50.2 Å². The van der Waals surface area contributed by atoms with Crippen LogP contribution < -0.4 is 10.1 Å². The van der Waals surface area contributed by atoms with E-state index >= 15 is 0 Å². The Morgan fingerprint density at radius 2 is 1.95 bits per heavy atom. The summed E-state index contributed by atoms with van der Waals surface area (Å²) in [5.74, 6) is 2.48. The van der Waals surface area contributed by atoms with Gasteiger partial charge in [0.1, 0.15) is 17.3 Å². The Balaban J connectivity index is 1.81. The van der Waals surface area contributed by atoms with Crippen LogP contribution in [0.25, 0.3) is 0 Å². The van der Waals surface area contributed by atoms with E-state index in [0.717, 1.165) is 22.8 Å². The predicted octanol–water partition coefficient (Wildman–Crippen LogP) is 3.41. The number of hydrogen-bond acceptors (Lipinski definition) is 3. The highest BCUT2D eigenvalue weighted by molar-refractivity contribution is 5.76. The van der Waals surface area contributed by atoms with Crippen molar-refractivity contribution in [3.63, 3.8) is 0 Å². The molecular weight excluding hydrogens is 266 g/mol. The minimum atomic E-state index is -0.109. The number of ether oxygens (including phenoxy) is 1. The standard InChI is InChI=1S/C17H21NO3/c1-12-4-10-16(21-12)13(2)18-17(19)11-7-14-5-8-15(20-3)9-6-14/h4-6,8-10,13H,7,11H2,1-3H3,(H,18,19). The first kappa shape index (κ1) is 15.2. The van der Waals surface area contributed by atoms with Gasteiger partial charge in [0.25, 0.3) is 0 Å². The lowest BCUT2D eigenvalue weighted by Crippen LogP contribution is -2.26. The maximum atomic E-state index is 12.0. The van der Waals surface area contributed by atoms with E-state index < -0.39 is 0 Å². The molecular formula is C17H21NO3. The Hall–Kier alpha value is -2.23. The molecule has 21 heavy (non-hydrogen) atoms. The first-order valence-corrected chi connectivity index (χ1v) is 7.07. The number of rotatable bonds is 6. The third kappa shape index (κ3) is 4.38. The van der Waals surface area contributed by atoms with E-state index in [9.17, 15) is 4.79 Å². The van der Waals surface area contributed by atoms with Crippen molar-refractivity contribution in [2.24, 2.45) is 0 Å². The van der Waals surface area contributed by atoms with Gasteiger partial charge in [-0.25, -0.2) is 0 Å². The maximum Gasteiger partial charge on any atom is 0.220 e. The predicted molar refractivity (Wildman–Crippen MR) is 81.3 cm³/mol. The normalized spacial score (nSPS) is 12.0. The molecule has 4 heteroatoms. The highest BCUT2D eigenvalue weighted by Gasteiger charge is 2.12. The maximum absolute atomic E-state index is 12.0. The van der Waals surface area contributed by atoms with Crippen LogP contribution in [-0.2, 0) is 11.2 Å². The summed E-state index contributed by atoms with van der Waals surface area (Å²) in [5.41, 5.74) is 1.12. The van der Waals surface area contributed by atoms with Crippen LogP contribution in [0.5, 0.6) is 5.75 Å². The summed E-state index contributed by atoms with van der Waals surface area (Å²) in [6, 6.07) is 11.4. The topological polar surface area (TPSA) is 51.5 Å². The lowest BCUT2D eigenvalue weighted by molar-refractivity contribution is -0.121. The van der Waals surface area contributed by atoms with Gasteiger partial charge in [0.2, 0.25) is 5.91 Å². The van der Waals surface area contributed by atoms with Gasteiger partial charge in [-0.05, 0) is 50.1 Å². The summed E-state index contributed by atoms with van der Waals surface area (Å²) in [5, 5.41) is 2.94. The van der Waals surface area contributed by atoms with E-state index in [2.05, 4.69) is 5.32 Å². The molecule has 0 spiro atoms. The van der Waals surface area contributed by atoms with Crippen LogP contribution in [-0.4, -0.2) is 13.0 Å². The number of methoxy groups -OCH3 is 1. The number of furan rings is 1. The van der Waals surface area contributed by atoms with Gasteiger partial charge in [-0.3, -0.25) is 4.79 Å². The van der Waals surface area contributed by atoms with Crippen LogP contribution >= 0.6 is 0 Å². The first-order chi connectivity index (χ1) is 10.1. The Morgan fingerprint density at radius 1 is 1.24 bits per heavy atom. The lowest BCUT2D eigenvalue weighted by atomic mass is 10.1. The fourth-order valence-electron chi connectivity index (χ4n) is 2.12. The molecule has 1 heterocycles. The van der Waals surface area contributed by atoms with Gasteiger partial charge < -0.3 is 14.5 Å². The number of amides is 1. The van der Waals surface area contributed by atoms with E-state index in [1.165, 1.54) is 0 Å². The van der Waals surface area contributed by atoms with E-state index in [1.54, 1.807) is 7.11 Å². The van der Waals surface area contributed by atoms with Gasteiger partial charge in [0.05, 0.1) is 13.2 Å². The number of carbonyl (C=O) groups excluding carboxylic acids is 1. The minimum absolute atomic E-state index is 0.0207. The van der Waals surface area contributed by atoms with Crippen molar-refractivity contribution < 1.29 is 13.9 Å². The number of carbonyl (C=O) groups is 1. The van der Waals surface area contributed by atoms with Crippen molar-refractivity contribution in [2.45, 2.75) is 32.7 Å². The van der Waals surface area contributed by atoms with Gasteiger partial charge >= 0.3 is 0 Å². The largest absolute Gasteiger partial charge is 0.497 e. The van der Waals surface area contributed by atoms with Crippen LogP contribution in [0.1, 0.15) is 36.5 Å². The van der Waals surface area contributed by atoms with Gasteiger partial charge in [-0.2, -0.15) is 0 Å². The lowest BCUT2D eigenvalue weighted by Gasteiger charge is -2.11. The van der Waals surface area contributed by atoms with Crippen LogP contribution in [0.4, 0.5) is 0 Å². The molecule has 0 saturated heterocycles. The molecule has 4 nitrogen and oxygen atoms in total. The fourth-order valence-corrected chi connectivity index (χ4v) is 2.12. The second-order valence-electron chi connectivity index (χ2n) is 5.09. The first-order valence-electron chi connectivity index (χ1n) is 7.07. The highest BCUT2D eigenvalue weighted by atomic mass is 16.5. The summed E-state index contributed by atoms with van der Waals surface area (Å²) in [7, 11) is 1.64. The Bertz CT molecular complexity index is 586. The SMILES string of the molecule is COc1ccc(CCC(=O)NC(C)c2ccc(C)o2)cc1. The zero-order chi connectivity index (χ0) is 15.2. The average Bonchev–Trinajstić information content (AvgIpc) is 2.92. The summed E-state index contributed by atoms with van der Waals surface area (Å²) in [6.45, 7) is 3.81. The van der Waals surface area contributed by atoms with Crippen molar-refractivity contribution in [3.8, 4) is 5.75 Å². The number of benzene rings is 1. The molecule has 1 atom stereocenters. The molecule has 0 fully saturated rings. The zero-order valence-corrected chi connectivity index (χ0v) is 12.7. The quantitative estimate of drug-likeness (QED) is 0.885. The summed E-state index contributed by atoms with van der Waals surface area (Å²) in [4.78, 5) is 12.0. The molecule has 0 aliphatic carbocycles. The highest BCUT2D eigenvalue weighted by Crippen LogP contribution is 2.16. The van der Waals surface area contributed by atoms with Crippen LogP contribution in [0.3, 0.4) is 0 Å². The molecule has 1 unspecified atom stereocenters. The monoisotopic (exact) mass is 287 g/mol. The molecule has 0 saturated carbocycles. The van der Waals surface area contributed by atoms with Gasteiger partial charge in [-0.1, -0.05) is 12.1 Å². The second kappa shape index (κ2) is 6.97. The van der Waals surface area contributed by atoms with Crippen molar-refractivity contribution in [3.05, 3.63) is 53.5 Å². The van der Waals surface area contributed by atoms with E-state index in [-0.39, 0.29) is 11.9 Å². The third-order valence-corrected chi connectivity index (χ3v) is 3.37. The molecule has 1 amide bonds. The smallest absolute Gasteiger partial charge is 0.220 e. The molecule has 0 aliphatic heterocycles. The molecule has 1 aromatic heterocycles. The summed E-state index contributed by atoms with van der Waals surface area (Å²) < 4.78 is 10.6. The van der Waals surface area contributed by atoms with Gasteiger partial charge in [0.15, 0.2) is 0 Å². The molecule has 2 aromatic rings. The minimum Gasteiger partial charge on any atom is -0.497 e.